The second-order valence-electron chi connectivity index (χ2n) is 5.50. The van der Waals surface area contributed by atoms with Gasteiger partial charge < -0.3 is 5.32 Å². The Morgan fingerprint density at radius 3 is 2.25 bits per heavy atom. The Labute approximate surface area is 99.3 Å². The van der Waals surface area contributed by atoms with Crippen LogP contribution in [0.3, 0.4) is 0 Å². The highest BCUT2D eigenvalue weighted by molar-refractivity contribution is 6.83. The van der Waals surface area contributed by atoms with E-state index in [4.69, 9.17) is 0 Å². The van der Waals surface area contributed by atoms with Crippen molar-refractivity contribution in [3.63, 3.8) is 0 Å². The van der Waals surface area contributed by atoms with Gasteiger partial charge in [0.1, 0.15) is 8.07 Å². The molecule has 1 fully saturated rings. The highest BCUT2D eigenvalue weighted by Gasteiger charge is 2.20. The first-order valence-electron chi connectivity index (χ1n) is 5.93. The summed E-state index contributed by atoms with van der Waals surface area (Å²) in [6, 6.07) is 9.20. The molecule has 1 N–H and O–H groups in total. The van der Waals surface area contributed by atoms with Crippen molar-refractivity contribution < 1.29 is 0 Å². The summed E-state index contributed by atoms with van der Waals surface area (Å²) in [6.45, 7) is 6.80. The second kappa shape index (κ2) is 4.35. The highest BCUT2D eigenvalue weighted by atomic mass is 28.3. The van der Waals surface area contributed by atoms with Crippen LogP contribution in [-0.2, 0) is 0 Å². The SMILES string of the molecule is C[Si](C)(C)C#Cc1ccc(NC2CC2)cc1. The molecule has 1 saturated carbocycles. The maximum absolute atomic E-state index is 3.48. The van der Waals surface area contributed by atoms with Crippen LogP contribution < -0.4 is 5.32 Å². The Morgan fingerprint density at radius 1 is 1.12 bits per heavy atom. The van der Waals surface area contributed by atoms with Gasteiger partial charge in [0, 0.05) is 17.3 Å². The normalized spacial score (nSPS) is 15.2. The van der Waals surface area contributed by atoms with Crippen molar-refractivity contribution in [3.05, 3.63) is 29.8 Å². The molecule has 1 nitrogen and oxygen atoms in total. The molecular weight excluding hydrogens is 210 g/mol. The van der Waals surface area contributed by atoms with Gasteiger partial charge in [0.15, 0.2) is 0 Å². The van der Waals surface area contributed by atoms with Crippen LogP contribution in [0.4, 0.5) is 5.69 Å². The average molecular weight is 229 g/mol. The van der Waals surface area contributed by atoms with E-state index in [1.807, 2.05) is 0 Å². The fourth-order valence-electron chi connectivity index (χ4n) is 1.37. The summed E-state index contributed by atoms with van der Waals surface area (Å²) in [5.74, 6) is 3.26. The van der Waals surface area contributed by atoms with Gasteiger partial charge in [-0.25, -0.2) is 0 Å². The van der Waals surface area contributed by atoms with Gasteiger partial charge >= 0.3 is 0 Å². The molecule has 1 aliphatic rings. The zero-order chi connectivity index (χ0) is 11.6. The fourth-order valence-corrected chi connectivity index (χ4v) is 1.89. The van der Waals surface area contributed by atoms with Crippen LogP contribution in [0, 0.1) is 11.5 Å². The molecule has 1 aromatic rings. The summed E-state index contributed by atoms with van der Waals surface area (Å²) in [4.78, 5) is 0. The molecule has 1 aromatic carbocycles. The van der Waals surface area contributed by atoms with Crippen LogP contribution in [0.1, 0.15) is 18.4 Å². The number of benzene rings is 1. The first kappa shape index (κ1) is 11.3. The van der Waals surface area contributed by atoms with Crippen molar-refractivity contribution in [2.45, 2.75) is 38.5 Å². The minimum Gasteiger partial charge on any atom is -0.382 e. The maximum Gasteiger partial charge on any atom is 0.129 e. The van der Waals surface area contributed by atoms with Gasteiger partial charge in [-0.2, -0.15) is 0 Å². The van der Waals surface area contributed by atoms with Crippen molar-refractivity contribution in [1.82, 2.24) is 0 Å². The molecule has 2 rings (SSSR count). The molecule has 0 radical (unpaired) electrons. The van der Waals surface area contributed by atoms with E-state index in [1.54, 1.807) is 0 Å². The first-order valence-corrected chi connectivity index (χ1v) is 9.43. The topological polar surface area (TPSA) is 12.0 Å². The average Bonchev–Trinajstić information content (AvgIpc) is 3.00. The number of hydrogen-bond donors (Lipinski definition) is 1. The van der Waals surface area contributed by atoms with Crippen LogP contribution >= 0.6 is 0 Å². The van der Waals surface area contributed by atoms with Crippen LogP contribution in [-0.4, -0.2) is 14.1 Å². The summed E-state index contributed by atoms with van der Waals surface area (Å²) in [6.07, 6.45) is 2.63. The molecule has 0 saturated heterocycles. The van der Waals surface area contributed by atoms with Crippen LogP contribution in [0.25, 0.3) is 0 Å². The lowest BCUT2D eigenvalue weighted by atomic mass is 10.2. The Balaban J connectivity index is 2.02. The van der Waals surface area contributed by atoms with E-state index in [0.29, 0.717) is 0 Å². The zero-order valence-electron chi connectivity index (χ0n) is 10.3. The van der Waals surface area contributed by atoms with Gasteiger partial charge in [-0.3, -0.25) is 0 Å². The first-order chi connectivity index (χ1) is 7.53. The van der Waals surface area contributed by atoms with E-state index in [1.165, 1.54) is 18.5 Å². The van der Waals surface area contributed by atoms with E-state index in [0.717, 1.165) is 11.6 Å². The van der Waals surface area contributed by atoms with Gasteiger partial charge in [0.2, 0.25) is 0 Å². The van der Waals surface area contributed by atoms with E-state index in [2.05, 4.69) is 60.7 Å². The minimum absolute atomic E-state index is 0.721. The molecule has 84 valence electrons. The van der Waals surface area contributed by atoms with Gasteiger partial charge in [-0.15, -0.1) is 5.54 Å². The summed E-state index contributed by atoms with van der Waals surface area (Å²) < 4.78 is 0. The lowest BCUT2D eigenvalue weighted by Crippen LogP contribution is -2.16. The molecule has 0 aromatic heterocycles. The third-order valence-electron chi connectivity index (χ3n) is 2.41. The molecular formula is C14H19NSi. The van der Waals surface area contributed by atoms with E-state index >= 15 is 0 Å². The number of hydrogen-bond acceptors (Lipinski definition) is 1. The summed E-state index contributed by atoms with van der Waals surface area (Å²) >= 11 is 0. The Kier molecular flexibility index (Phi) is 3.07. The van der Waals surface area contributed by atoms with Crippen LogP contribution in [0.5, 0.6) is 0 Å². The Hall–Kier alpha value is -1.20. The van der Waals surface area contributed by atoms with Gasteiger partial charge in [0.25, 0.3) is 0 Å². The van der Waals surface area contributed by atoms with Crippen LogP contribution in [0.2, 0.25) is 19.6 Å². The lowest BCUT2D eigenvalue weighted by molar-refractivity contribution is 1.16. The van der Waals surface area contributed by atoms with Crippen molar-refractivity contribution in [2.24, 2.45) is 0 Å². The number of nitrogens with one attached hydrogen (secondary N) is 1. The van der Waals surface area contributed by atoms with Crippen molar-refractivity contribution in [2.75, 3.05) is 5.32 Å². The summed E-state index contributed by atoms with van der Waals surface area (Å²) in [5, 5.41) is 3.48. The van der Waals surface area contributed by atoms with Crippen molar-refractivity contribution >= 4 is 13.8 Å². The number of rotatable bonds is 2. The Morgan fingerprint density at radius 2 is 1.75 bits per heavy atom. The lowest BCUT2D eigenvalue weighted by Gasteiger charge is -2.05. The second-order valence-corrected chi connectivity index (χ2v) is 10.2. The van der Waals surface area contributed by atoms with E-state index in [-0.39, 0.29) is 0 Å². The molecule has 0 spiro atoms. The molecule has 16 heavy (non-hydrogen) atoms. The molecule has 0 aliphatic heterocycles. The largest absolute Gasteiger partial charge is 0.382 e. The Bertz CT molecular complexity index is 413. The van der Waals surface area contributed by atoms with Gasteiger partial charge in [-0.1, -0.05) is 25.6 Å². The zero-order valence-corrected chi connectivity index (χ0v) is 11.3. The smallest absolute Gasteiger partial charge is 0.129 e. The monoisotopic (exact) mass is 229 g/mol. The maximum atomic E-state index is 3.48. The molecule has 1 aliphatic carbocycles. The molecule has 0 unspecified atom stereocenters. The van der Waals surface area contributed by atoms with E-state index < -0.39 is 8.07 Å². The van der Waals surface area contributed by atoms with Crippen LogP contribution in [0.15, 0.2) is 24.3 Å². The van der Waals surface area contributed by atoms with Gasteiger partial charge in [0.05, 0.1) is 0 Å². The third-order valence-corrected chi connectivity index (χ3v) is 3.29. The quantitative estimate of drug-likeness (QED) is 0.604. The fraction of sp³-hybridized carbons (Fsp3) is 0.429. The molecule has 0 atom stereocenters. The standard InChI is InChI=1S/C14H19NSi/c1-16(2,3)11-10-12-4-6-13(7-5-12)15-14-8-9-14/h4-7,14-15H,8-9H2,1-3H3. The highest BCUT2D eigenvalue weighted by Crippen LogP contribution is 2.24. The molecule has 0 bridgehead atoms. The third kappa shape index (κ3) is 3.75. The van der Waals surface area contributed by atoms with Crippen molar-refractivity contribution in [1.29, 1.82) is 0 Å². The summed E-state index contributed by atoms with van der Waals surface area (Å²) in [7, 11) is -1.25. The molecule has 0 amide bonds. The van der Waals surface area contributed by atoms with Gasteiger partial charge in [-0.05, 0) is 37.1 Å². The number of anilines is 1. The summed E-state index contributed by atoms with van der Waals surface area (Å²) in [5.41, 5.74) is 5.73. The molecule has 0 heterocycles. The molecule has 2 heteroatoms. The van der Waals surface area contributed by atoms with E-state index in [9.17, 15) is 0 Å². The predicted molar refractivity (Wildman–Crippen MR) is 73.3 cm³/mol. The minimum atomic E-state index is -1.25. The van der Waals surface area contributed by atoms with Crippen molar-refractivity contribution in [3.8, 4) is 11.5 Å². The predicted octanol–water partition coefficient (Wildman–Crippen LogP) is 3.49.